The van der Waals surface area contributed by atoms with Crippen LogP contribution in [-0.4, -0.2) is 19.7 Å². The highest BCUT2D eigenvalue weighted by atomic mass is 32.2. The summed E-state index contributed by atoms with van der Waals surface area (Å²) in [6, 6.07) is 27.9. The largest absolute Gasteiger partial charge is 0.281 e. The van der Waals surface area contributed by atoms with E-state index in [1.54, 1.807) is 24.3 Å². The smallest absolute Gasteiger partial charge is 0.199 e. The second kappa shape index (κ2) is 11.8. The molecule has 0 saturated carbocycles. The molecule has 0 heterocycles. The fourth-order valence-electron chi connectivity index (χ4n) is 4.46. The molecule has 0 aliphatic carbocycles. The molecule has 6 heteroatoms. The number of unbranched alkanes of at least 4 members (excludes halogenated alkanes) is 1. The van der Waals surface area contributed by atoms with Gasteiger partial charge in [-0.25, -0.2) is 0 Å². The van der Waals surface area contributed by atoms with Gasteiger partial charge in [-0.15, -0.1) is 0 Å². The minimum atomic E-state index is -3.81. The van der Waals surface area contributed by atoms with Crippen LogP contribution in [0.2, 0.25) is 0 Å². The van der Waals surface area contributed by atoms with Crippen molar-refractivity contribution in [3.63, 3.8) is 0 Å². The molecular formula is C28H37NO2P2S. The zero-order valence-electron chi connectivity index (χ0n) is 20.9. The van der Waals surface area contributed by atoms with Gasteiger partial charge in [0, 0.05) is 14.4 Å². The van der Waals surface area contributed by atoms with Gasteiger partial charge in [0.25, 0.3) is 10.0 Å². The summed E-state index contributed by atoms with van der Waals surface area (Å²) >= 11 is 0. The van der Waals surface area contributed by atoms with Gasteiger partial charge in [0.05, 0.1) is 4.90 Å². The standard InChI is InChI=1S/C28H37NO2P2S/c1-6-7-16-25-17-14-15-22-28(25)32(26-18-10-8-11-19-26)33(23(2)3,24(4)5)29-34(30,31)27-20-12-9-13-21-27/h8-15,17-24H,6-7,16H2,1-5H3. The Hall–Kier alpha value is -1.73. The second-order valence-corrected chi connectivity index (χ2v) is 19.4. The van der Waals surface area contributed by atoms with Gasteiger partial charge in [0.2, 0.25) is 0 Å². The quantitative estimate of drug-likeness (QED) is 0.260. The van der Waals surface area contributed by atoms with Crippen LogP contribution in [0.3, 0.4) is 0 Å². The van der Waals surface area contributed by atoms with E-state index in [1.165, 1.54) is 16.2 Å². The molecule has 0 fully saturated rings. The van der Waals surface area contributed by atoms with Crippen LogP contribution in [0.15, 0.2) is 94.0 Å². The molecule has 0 spiro atoms. The molecule has 0 amide bonds. The minimum absolute atomic E-state index is 0.122. The van der Waals surface area contributed by atoms with Crippen molar-refractivity contribution < 1.29 is 8.42 Å². The summed E-state index contributed by atoms with van der Waals surface area (Å²) in [6.45, 7) is 8.46. The van der Waals surface area contributed by atoms with Gasteiger partial charge < -0.3 is 0 Å². The van der Waals surface area contributed by atoms with Crippen molar-refractivity contribution in [3.8, 4) is 0 Å². The Morgan fingerprint density at radius 2 is 1.32 bits per heavy atom. The monoisotopic (exact) mass is 513 g/mol. The first-order valence-electron chi connectivity index (χ1n) is 12.1. The van der Waals surface area contributed by atoms with Crippen LogP contribution in [0.4, 0.5) is 0 Å². The second-order valence-electron chi connectivity index (χ2n) is 9.14. The molecule has 0 N–H and O–H groups in total. The molecule has 34 heavy (non-hydrogen) atoms. The molecule has 0 aliphatic rings. The Morgan fingerprint density at radius 3 is 1.88 bits per heavy atom. The molecule has 182 valence electrons. The van der Waals surface area contributed by atoms with Crippen molar-refractivity contribution in [1.82, 2.24) is 0 Å². The molecule has 3 aromatic rings. The summed E-state index contributed by atoms with van der Waals surface area (Å²) in [5, 5.41) is 2.50. The van der Waals surface area contributed by atoms with E-state index in [4.69, 9.17) is 4.15 Å². The number of benzene rings is 3. The van der Waals surface area contributed by atoms with Gasteiger partial charge in [-0.05, 0) is 52.5 Å². The third-order valence-corrected chi connectivity index (χ3v) is 21.0. The summed E-state index contributed by atoms with van der Waals surface area (Å²) in [4.78, 5) is 0.281. The van der Waals surface area contributed by atoms with Gasteiger partial charge in [0.1, 0.15) is 0 Å². The molecule has 0 aromatic heterocycles. The van der Waals surface area contributed by atoms with Gasteiger partial charge in [-0.2, -0.15) is 12.6 Å². The lowest BCUT2D eigenvalue weighted by Crippen LogP contribution is -2.22. The molecule has 0 radical (unpaired) electrons. The number of aryl methyl sites for hydroxylation is 1. The fraction of sp³-hybridized carbons (Fsp3) is 0.357. The number of nitrogens with zero attached hydrogens (tertiary/aromatic N) is 1. The van der Waals surface area contributed by atoms with Crippen molar-refractivity contribution in [2.75, 3.05) is 0 Å². The Kier molecular flexibility index (Phi) is 9.33. The normalized spacial score (nSPS) is 13.3. The highest BCUT2D eigenvalue weighted by Crippen LogP contribution is 2.81. The van der Waals surface area contributed by atoms with Crippen molar-refractivity contribution in [2.45, 2.75) is 70.1 Å². The van der Waals surface area contributed by atoms with E-state index < -0.39 is 24.4 Å². The van der Waals surface area contributed by atoms with E-state index in [2.05, 4.69) is 83.1 Å². The predicted octanol–water partition coefficient (Wildman–Crippen LogP) is 7.78. The van der Waals surface area contributed by atoms with Crippen LogP contribution >= 0.6 is 14.4 Å². The lowest BCUT2D eigenvalue weighted by Gasteiger charge is -2.40. The molecule has 0 bridgehead atoms. The lowest BCUT2D eigenvalue weighted by atomic mass is 10.1. The van der Waals surface area contributed by atoms with Gasteiger partial charge in [0.15, 0.2) is 0 Å². The van der Waals surface area contributed by atoms with Crippen LogP contribution in [0.5, 0.6) is 0 Å². The highest BCUT2D eigenvalue weighted by Gasteiger charge is 2.41. The maximum absolute atomic E-state index is 13.8. The Morgan fingerprint density at radius 1 is 0.794 bits per heavy atom. The average Bonchev–Trinajstić information content (AvgIpc) is 2.83. The van der Waals surface area contributed by atoms with Crippen molar-refractivity contribution in [2.24, 2.45) is 4.15 Å². The Bertz CT molecular complexity index is 1210. The minimum Gasteiger partial charge on any atom is -0.199 e. The zero-order valence-corrected chi connectivity index (χ0v) is 23.5. The summed E-state index contributed by atoms with van der Waals surface area (Å²) in [7, 11) is -4.81. The Balaban J connectivity index is 2.41. The third kappa shape index (κ3) is 5.73. The first-order chi connectivity index (χ1) is 16.2. The molecule has 1 unspecified atom stereocenters. The summed E-state index contributed by atoms with van der Waals surface area (Å²) < 4.78 is 32.5. The van der Waals surface area contributed by atoms with Crippen molar-refractivity contribution in [1.29, 1.82) is 0 Å². The predicted molar refractivity (Wildman–Crippen MR) is 151 cm³/mol. The first-order valence-corrected chi connectivity index (χ1v) is 17.5. The van der Waals surface area contributed by atoms with Crippen LogP contribution in [0.1, 0.15) is 53.0 Å². The van der Waals surface area contributed by atoms with E-state index >= 15 is 0 Å². The number of rotatable bonds is 10. The van der Waals surface area contributed by atoms with Gasteiger partial charge in [-0.3, -0.25) is 0 Å². The Labute approximate surface area is 207 Å². The van der Waals surface area contributed by atoms with E-state index in [-0.39, 0.29) is 16.2 Å². The third-order valence-electron chi connectivity index (χ3n) is 6.14. The lowest BCUT2D eigenvalue weighted by molar-refractivity contribution is 0.598. The van der Waals surface area contributed by atoms with E-state index in [1.807, 2.05) is 12.1 Å². The van der Waals surface area contributed by atoms with Crippen LogP contribution in [0.25, 0.3) is 0 Å². The van der Waals surface area contributed by atoms with Crippen LogP contribution in [-0.2, 0) is 16.4 Å². The van der Waals surface area contributed by atoms with E-state index in [0.29, 0.717) is 0 Å². The van der Waals surface area contributed by atoms with Crippen LogP contribution in [0, 0.1) is 0 Å². The maximum Gasteiger partial charge on any atom is 0.281 e. The van der Waals surface area contributed by atoms with Gasteiger partial charge in [-0.1, -0.05) is 114 Å². The summed E-state index contributed by atoms with van der Waals surface area (Å²) in [5.41, 5.74) is 1.57. The van der Waals surface area contributed by atoms with E-state index in [0.717, 1.165) is 19.3 Å². The van der Waals surface area contributed by atoms with Crippen molar-refractivity contribution >= 4 is 35.0 Å². The summed E-state index contributed by atoms with van der Waals surface area (Å²) in [6.07, 6.45) is 3.24. The number of sulfonamides is 1. The van der Waals surface area contributed by atoms with Crippen LogP contribution < -0.4 is 10.6 Å². The molecule has 3 aromatic carbocycles. The zero-order chi connectivity index (χ0) is 24.8. The number of hydrogen-bond donors (Lipinski definition) is 0. The van der Waals surface area contributed by atoms with E-state index in [9.17, 15) is 8.42 Å². The topological polar surface area (TPSA) is 46.5 Å². The van der Waals surface area contributed by atoms with Crippen molar-refractivity contribution in [3.05, 3.63) is 90.5 Å². The fourth-order valence-corrected chi connectivity index (χ4v) is 20.2. The molecule has 0 saturated heterocycles. The maximum atomic E-state index is 13.8. The molecular weight excluding hydrogens is 476 g/mol. The molecule has 1 atom stereocenters. The molecule has 0 aliphatic heterocycles. The number of hydrogen-bond acceptors (Lipinski definition) is 2. The summed E-state index contributed by atoms with van der Waals surface area (Å²) in [5.74, 6) is 0. The highest BCUT2D eigenvalue weighted by molar-refractivity contribution is 8.41. The first kappa shape index (κ1) is 26.9. The molecule has 3 rings (SSSR count). The average molecular weight is 514 g/mol. The SMILES string of the molecule is CCCCc1ccccc1P(c1ccccc1)P(=NS(=O)(=O)c1ccccc1)(C(C)C)C(C)C. The van der Waals surface area contributed by atoms with Gasteiger partial charge >= 0.3 is 0 Å². The molecule has 3 nitrogen and oxygen atoms in total.